The standard InChI is InChI=1S/C43H33N4/c44-40-25-22-33(27-41(40)47-46-35-23-20-30(21-24-35)34-11-8-26-45-28-34)29-16-18-32(19-17-29)43-38-14-6-4-12-36(38)42(31-9-2-1-3-10-31)37-13-5-7-15-39(37)43/h1-16,18,20-28,40,44,46H,17,19H2/q-1/b47-41-. The van der Waals surface area contributed by atoms with Crippen molar-refractivity contribution in [1.82, 2.24) is 4.98 Å². The lowest BCUT2D eigenvalue weighted by Crippen LogP contribution is -2.17. The van der Waals surface area contributed by atoms with Crippen LogP contribution in [0.1, 0.15) is 18.4 Å². The SMILES string of the molecule is [NH-]C1C=CC(C2=CC=C(c3c4ccccc4c(-c4ccccc4)c4ccccc34)CC2)=C/C1=N/Nc1ccc(-c2cccnc2)cc1. The monoisotopic (exact) mass is 605 g/mol. The van der Waals surface area contributed by atoms with Crippen molar-refractivity contribution in [3.05, 3.63) is 180 Å². The molecule has 1 aromatic heterocycles. The van der Waals surface area contributed by atoms with Gasteiger partial charge in [-0.1, -0.05) is 127 Å². The lowest BCUT2D eigenvalue weighted by molar-refractivity contribution is 0.994. The summed E-state index contributed by atoms with van der Waals surface area (Å²) in [4.78, 5) is 4.21. The second-order valence-electron chi connectivity index (χ2n) is 12.0. The van der Waals surface area contributed by atoms with E-state index in [4.69, 9.17) is 5.73 Å². The van der Waals surface area contributed by atoms with Crippen molar-refractivity contribution in [2.24, 2.45) is 5.10 Å². The molecular weight excluding hydrogens is 573 g/mol. The van der Waals surface area contributed by atoms with Gasteiger partial charge < -0.3 is 5.73 Å². The molecule has 1 heterocycles. The van der Waals surface area contributed by atoms with Crippen LogP contribution < -0.4 is 5.43 Å². The highest BCUT2D eigenvalue weighted by atomic mass is 15.3. The van der Waals surface area contributed by atoms with Gasteiger partial charge in [-0.3, -0.25) is 10.4 Å². The van der Waals surface area contributed by atoms with E-state index in [0.29, 0.717) is 5.71 Å². The zero-order valence-electron chi connectivity index (χ0n) is 25.9. The van der Waals surface area contributed by atoms with Crippen molar-refractivity contribution < 1.29 is 0 Å². The van der Waals surface area contributed by atoms with E-state index in [-0.39, 0.29) is 0 Å². The number of hydrogen-bond donors (Lipinski definition) is 1. The fourth-order valence-corrected chi connectivity index (χ4v) is 6.77. The summed E-state index contributed by atoms with van der Waals surface area (Å²) in [6, 6.07) is 40.0. The van der Waals surface area contributed by atoms with E-state index in [9.17, 15) is 0 Å². The van der Waals surface area contributed by atoms with E-state index in [1.807, 2.05) is 36.5 Å². The van der Waals surface area contributed by atoms with Crippen molar-refractivity contribution in [2.75, 3.05) is 5.43 Å². The summed E-state index contributed by atoms with van der Waals surface area (Å²) in [7, 11) is 0. The van der Waals surface area contributed by atoms with Gasteiger partial charge in [0.25, 0.3) is 0 Å². The highest BCUT2D eigenvalue weighted by molar-refractivity contribution is 6.18. The second kappa shape index (κ2) is 12.5. The molecule has 0 saturated carbocycles. The third-order valence-corrected chi connectivity index (χ3v) is 9.12. The number of hydrogen-bond acceptors (Lipinski definition) is 3. The summed E-state index contributed by atoms with van der Waals surface area (Å²) in [5, 5.41) is 9.78. The first-order chi connectivity index (χ1) is 23.2. The molecule has 0 fully saturated rings. The van der Waals surface area contributed by atoms with Crippen LogP contribution in [0.25, 0.3) is 55.1 Å². The third-order valence-electron chi connectivity index (χ3n) is 9.12. The van der Waals surface area contributed by atoms with E-state index in [2.05, 4.69) is 131 Å². The van der Waals surface area contributed by atoms with E-state index < -0.39 is 6.04 Å². The molecular formula is C43H33N4-. The summed E-state index contributed by atoms with van der Waals surface area (Å²) < 4.78 is 0. The van der Waals surface area contributed by atoms with Crippen molar-refractivity contribution in [3.8, 4) is 22.3 Å². The number of nitrogens with zero attached hydrogens (tertiary/aromatic N) is 2. The van der Waals surface area contributed by atoms with Gasteiger partial charge in [0, 0.05) is 18.1 Å². The molecule has 6 aromatic rings. The van der Waals surface area contributed by atoms with Crippen LogP contribution in [0.5, 0.6) is 0 Å². The number of nitrogens with one attached hydrogen (secondary N) is 2. The first-order valence-electron chi connectivity index (χ1n) is 16.1. The zero-order chi connectivity index (χ0) is 31.6. The Morgan fingerprint density at radius 2 is 1.23 bits per heavy atom. The molecule has 0 bridgehead atoms. The van der Waals surface area contributed by atoms with Gasteiger partial charge in [0.2, 0.25) is 0 Å². The molecule has 4 nitrogen and oxygen atoms in total. The van der Waals surface area contributed by atoms with Gasteiger partial charge in [0.05, 0.1) is 5.69 Å². The van der Waals surface area contributed by atoms with Crippen molar-refractivity contribution in [3.63, 3.8) is 0 Å². The van der Waals surface area contributed by atoms with Crippen LogP contribution >= 0.6 is 0 Å². The molecule has 226 valence electrons. The average Bonchev–Trinajstić information content (AvgIpc) is 3.14. The maximum atomic E-state index is 8.58. The number of pyridine rings is 1. The molecule has 0 radical (unpaired) electrons. The highest BCUT2D eigenvalue weighted by Gasteiger charge is 2.20. The first-order valence-corrected chi connectivity index (χ1v) is 16.1. The Bertz CT molecular complexity index is 2200. The Labute approximate surface area is 275 Å². The fraction of sp³-hybridized carbons (Fsp3) is 0.0698. The van der Waals surface area contributed by atoms with Crippen LogP contribution in [-0.4, -0.2) is 16.7 Å². The van der Waals surface area contributed by atoms with Crippen LogP contribution in [0.15, 0.2) is 174 Å². The summed E-state index contributed by atoms with van der Waals surface area (Å²) in [5.74, 6) is 0. The van der Waals surface area contributed by atoms with Crippen molar-refractivity contribution in [2.45, 2.75) is 18.9 Å². The number of allylic oxidation sites excluding steroid dienone is 6. The molecule has 0 saturated heterocycles. The van der Waals surface area contributed by atoms with Crippen LogP contribution in [0.2, 0.25) is 0 Å². The normalized spacial score (nSPS) is 17.0. The lowest BCUT2D eigenvalue weighted by Gasteiger charge is -2.25. The number of rotatable bonds is 6. The average molecular weight is 606 g/mol. The van der Waals surface area contributed by atoms with Gasteiger partial charge >= 0.3 is 0 Å². The molecule has 47 heavy (non-hydrogen) atoms. The van der Waals surface area contributed by atoms with Gasteiger partial charge in [0.1, 0.15) is 0 Å². The number of benzene rings is 5. The summed E-state index contributed by atoms with van der Waals surface area (Å²) in [5.41, 5.74) is 23.1. The summed E-state index contributed by atoms with van der Waals surface area (Å²) in [6.45, 7) is 0. The van der Waals surface area contributed by atoms with Crippen molar-refractivity contribution in [1.29, 1.82) is 0 Å². The maximum Gasteiger partial charge on any atom is 0.0562 e. The molecule has 4 heteroatoms. The second-order valence-corrected chi connectivity index (χ2v) is 12.0. The van der Waals surface area contributed by atoms with Crippen LogP contribution in [0, 0.1) is 0 Å². The highest BCUT2D eigenvalue weighted by Crippen LogP contribution is 2.44. The van der Waals surface area contributed by atoms with Crippen LogP contribution in [0.4, 0.5) is 5.69 Å². The fourth-order valence-electron chi connectivity index (χ4n) is 6.77. The molecule has 0 aliphatic heterocycles. The van der Waals surface area contributed by atoms with Gasteiger partial charge in [-0.05, 0) is 103 Å². The smallest absolute Gasteiger partial charge is 0.0562 e. The number of aromatic nitrogens is 1. The van der Waals surface area contributed by atoms with Gasteiger partial charge in [-0.2, -0.15) is 5.10 Å². The van der Waals surface area contributed by atoms with Gasteiger partial charge in [-0.25, -0.2) is 0 Å². The zero-order valence-corrected chi connectivity index (χ0v) is 25.9. The van der Waals surface area contributed by atoms with E-state index in [1.165, 1.54) is 49.4 Å². The number of fused-ring (bicyclic) bond motifs is 2. The molecule has 1 atom stereocenters. The van der Waals surface area contributed by atoms with Crippen molar-refractivity contribution >= 4 is 38.5 Å². The largest absolute Gasteiger partial charge is 0.666 e. The molecule has 2 aliphatic rings. The Morgan fingerprint density at radius 1 is 0.617 bits per heavy atom. The summed E-state index contributed by atoms with van der Waals surface area (Å²) >= 11 is 0. The van der Waals surface area contributed by atoms with Crippen LogP contribution in [-0.2, 0) is 0 Å². The van der Waals surface area contributed by atoms with Crippen LogP contribution in [0.3, 0.4) is 0 Å². The van der Waals surface area contributed by atoms with Gasteiger partial charge in [0.15, 0.2) is 0 Å². The minimum absolute atomic E-state index is 0.517. The molecule has 0 amide bonds. The predicted molar refractivity (Wildman–Crippen MR) is 198 cm³/mol. The lowest BCUT2D eigenvalue weighted by atomic mass is 9.82. The Morgan fingerprint density at radius 3 is 1.87 bits per heavy atom. The summed E-state index contributed by atoms with van der Waals surface area (Å²) in [6.07, 6.45) is 16.1. The maximum absolute atomic E-state index is 8.58. The number of hydrazone groups is 1. The molecule has 2 aliphatic carbocycles. The molecule has 2 N–H and O–H groups in total. The molecule has 8 rings (SSSR count). The topological polar surface area (TPSA) is 61.1 Å². The Hall–Kier alpha value is -5.84. The predicted octanol–water partition coefficient (Wildman–Crippen LogP) is 11.2. The van der Waals surface area contributed by atoms with Gasteiger partial charge in [-0.15, -0.1) is 0 Å². The quantitative estimate of drug-likeness (QED) is 0.152. The first kappa shape index (κ1) is 28.6. The molecule has 5 aromatic carbocycles. The third kappa shape index (κ3) is 5.60. The molecule has 1 unspecified atom stereocenters. The minimum atomic E-state index is -0.517. The molecule has 0 spiro atoms. The number of anilines is 1. The van der Waals surface area contributed by atoms with E-state index >= 15 is 0 Å². The Balaban J connectivity index is 1.11. The van der Waals surface area contributed by atoms with E-state index in [1.54, 1.807) is 6.20 Å². The minimum Gasteiger partial charge on any atom is -0.666 e. The van der Waals surface area contributed by atoms with E-state index in [0.717, 1.165) is 35.2 Å². The Kier molecular flexibility index (Phi) is 7.62.